The lowest BCUT2D eigenvalue weighted by molar-refractivity contribution is 0.251. The highest BCUT2D eigenvalue weighted by Gasteiger charge is 2.45. The highest BCUT2D eigenvalue weighted by Crippen LogP contribution is 2.48. The van der Waals surface area contributed by atoms with Crippen molar-refractivity contribution < 1.29 is 5.11 Å². The average Bonchev–Trinajstić information content (AvgIpc) is 3.00. The molecule has 78 valence electrons. The summed E-state index contributed by atoms with van der Waals surface area (Å²) in [5, 5.41) is 10.7. The molecule has 0 unspecified atom stereocenters. The zero-order valence-corrected chi connectivity index (χ0v) is 8.90. The maximum Gasteiger partial charge on any atom is 0.0542 e. The first-order valence-electron chi connectivity index (χ1n) is 5.43. The third kappa shape index (κ3) is 1.15. The minimum atomic E-state index is 0.0633. The van der Waals surface area contributed by atoms with Crippen LogP contribution in [0.4, 0.5) is 0 Å². The van der Waals surface area contributed by atoms with E-state index in [-0.39, 0.29) is 12.0 Å². The van der Waals surface area contributed by atoms with Gasteiger partial charge in [0, 0.05) is 23.7 Å². The standard InChI is InChI=1S/C13H15NO/c1-14-11-5-3-2-4-10(11)8-12(14)13(9-15)6-7-13/h2-5,8,15H,6-7,9H2,1H3. The van der Waals surface area contributed by atoms with E-state index in [2.05, 4.69) is 41.9 Å². The number of aliphatic hydroxyl groups is 1. The van der Waals surface area contributed by atoms with Gasteiger partial charge in [-0.25, -0.2) is 0 Å². The lowest BCUT2D eigenvalue weighted by Gasteiger charge is -2.13. The van der Waals surface area contributed by atoms with Gasteiger partial charge in [-0.3, -0.25) is 0 Å². The van der Waals surface area contributed by atoms with Crippen molar-refractivity contribution in [2.24, 2.45) is 7.05 Å². The van der Waals surface area contributed by atoms with Gasteiger partial charge in [0.25, 0.3) is 0 Å². The Morgan fingerprint density at radius 3 is 2.67 bits per heavy atom. The Hall–Kier alpha value is -1.28. The topological polar surface area (TPSA) is 25.2 Å². The predicted molar refractivity (Wildman–Crippen MR) is 60.9 cm³/mol. The summed E-state index contributed by atoms with van der Waals surface area (Å²) in [7, 11) is 2.09. The number of fused-ring (bicyclic) bond motifs is 1. The Balaban J connectivity index is 2.24. The Kier molecular flexibility index (Phi) is 1.71. The first-order chi connectivity index (χ1) is 7.27. The van der Waals surface area contributed by atoms with Crippen molar-refractivity contribution in [1.29, 1.82) is 0 Å². The molecule has 1 N–H and O–H groups in total. The minimum Gasteiger partial charge on any atom is -0.395 e. The van der Waals surface area contributed by atoms with Gasteiger partial charge in [-0.15, -0.1) is 0 Å². The number of rotatable bonds is 2. The molecule has 15 heavy (non-hydrogen) atoms. The maximum atomic E-state index is 9.45. The molecule has 0 spiro atoms. The molecule has 0 radical (unpaired) electrons. The van der Waals surface area contributed by atoms with Gasteiger partial charge in [0.1, 0.15) is 0 Å². The summed E-state index contributed by atoms with van der Waals surface area (Å²) in [4.78, 5) is 0. The summed E-state index contributed by atoms with van der Waals surface area (Å²) < 4.78 is 2.22. The van der Waals surface area contributed by atoms with E-state index in [1.807, 2.05) is 0 Å². The third-order valence-corrected chi connectivity index (χ3v) is 3.65. The fraction of sp³-hybridized carbons (Fsp3) is 0.385. The number of para-hydroxylation sites is 1. The number of aromatic nitrogens is 1. The Bertz CT molecular complexity index is 508. The molecule has 0 atom stereocenters. The molecular weight excluding hydrogens is 186 g/mol. The van der Waals surface area contributed by atoms with Crippen LogP contribution in [0.25, 0.3) is 10.9 Å². The first-order valence-corrected chi connectivity index (χ1v) is 5.43. The van der Waals surface area contributed by atoms with Crippen LogP contribution in [-0.2, 0) is 12.5 Å². The molecule has 0 aliphatic heterocycles. The first kappa shape index (κ1) is 8.98. The normalized spacial score (nSPS) is 18.3. The van der Waals surface area contributed by atoms with Gasteiger partial charge in [-0.2, -0.15) is 0 Å². The number of hydrogen-bond donors (Lipinski definition) is 1. The lowest BCUT2D eigenvalue weighted by atomic mass is 10.0. The molecule has 1 aliphatic rings. The van der Waals surface area contributed by atoms with Crippen LogP contribution in [0, 0.1) is 0 Å². The lowest BCUT2D eigenvalue weighted by Crippen LogP contribution is -2.15. The van der Waals surface area contributed by atoms with Gasteiger partial charge in [-0.1, -0.05) is 18.2 Å². The second-order valence-electron chi connectivity index (χ2n) is 4.59. The van der Waals surface area contributed by atoms with Crippen molar-refractivity contribution in [2.75, 3.05) is 6.61 Å². The fourth-order valence-electron chi connectivity index (χ4n) is 2.44. The van der Waals surface area contributed by atoms with E-state index in [1.165, 1.54) is 16.6 Å². The zero-order chi connectivity index (χ0) is 10.5. The van der Waals surface area contributed by atoms with Crippen LogP contribution in [0.15, 0.2) is 30.3 Å². The SMILES string of the molecule is Cn1c(C2(CO)CC2)cc2ccccc21. The summed E-state index contributed by atoms with van der Waals surface area (Å²) in [6, 6.07) is 10.6. The molecule has 2 aromatic rings. The number of nitrogens with zero attached hydrogens (tertiary/aromatic N) is 1. The van der Waals surface area contributed by atoms with Crippen LogP contribution in [0.1, 0.15) is 18.5 Å². The number of benzene rings is 1. The molecular formula is C13H15NO. The summed E-state index contributed by atoms with van der Waals surface area (Å²) in [6.07, 6.45) is 2.24. The summed E-state index contributed by atoms with van der Waals surface area (Å²) in [5.74, 6) is 0. The van der Waals surface area contributed by atoms with Gasteiger partial charge < -0.3 is 9.67 Å². The van der Waals surface area contributed by atoms with Crippen molar-refractivity contribution in [3.05, 3.63) is 36.0 Å². The Labute approximate surface area is 89.1 Å². The molecule has 2 nitrogen and oxygen atoms in total. The second kappa shape index (κ2) is 2.86. The second-order valence-corrected chi connectivity index (χ2v) is 4.59. The summed E-state index contributed by atoms with van der Waals surface area (Å²) in [6.45, 7) is 0.275. The highest BCUT2D eigenvalue weighted by molar-refractivity contribution is 5.81. The van der Waals surface area contributed by atoms with Crippen LogP contribution in [0.2, 0.25) is 0 Å². The smallest absolute Gasteiger partial charge is 0.0542 e. The minimum absolute atomic E-state index is 0.0633. The van der Waals surface area contributed by atoms with Crippen molar-refractivity contribution >= 4 is 10.9 Å². The number of hydrogen-bond acceptors (Lipinski definition) is 1. The monoisotopic (exact) mass is 201 g/mol. The largest absolute Gasteiger partial charge is 0.395 e. The maximum absolute atomic E-state index is 9.45. The van der Waals surface area contributed by atoms with Gasteiger partial charge in [-0.05, 0) is 30.4 Å². The molecule has 1 saturated carbocycles. The van der Waals surface area contributed by atoms with Crippen molar-refractivity contribution in [2.45, 2.75) is 18.3 Å². The van der Waals surface area contributed by atoms with Gasteiger partial charge in [0.2, 0.25) is 0 Å². The van der Waals surface area contributed by atoms with E-state index in [1.54, 1.807) is 0 Å². The van der Waals surface area contributed by atoms with Gasteiger partial charge >= 0.3 is 0 Å². The molecule has 1 aliphatic carbocycles. The highest BCUT2D eigenvalue weighted by atomic mass is 16.3. The van der Waals surface area contributed by atoms with E-state index in [4.69, 9.17) is 0 Å². The number of aliphatic hydroxyl groups excluding tert-OH is 1. The Morgan fingerprint density at radius 1 is 1.33 bits per heavy atom. The Morgan fingerprint density at radius 2 is 2.07 bits per heavy atom. The van der Waals surface area contributed by atoms with Gasteiger partial charge in [0.15, 0.2) is 0 Å². The van der Waals surface area contributed by atoms with Crippen LogP contribution in [-0.4, -0.2) is 16.3 Å². The van der Waals surface area contributed by atoms with E-state index in [9.17, 15) is 5.11 Å². The van der Waals surface area contributed by atoms with Crippen molar-refractivity contribution in [3.63, 3.8) is 0 Å². The molecule has 0 saturated heterocycles. The van der Waals surface area contributed by atoms with Crippen LogP contribution >= 0.6 is 0 Å². The van der Waals surface area contributed by atoms with E-state index in [0.717, 1.165) is 12.8 Å². The van der Waals surface area contributed by atoms with Gasteiger partial charge in [0.05, 0.1) is 6.61 Å². The van der Waals surface area contributed by atoms with Crippen LogP contribution < -0.4 is 0 Å². The van der Waals surface area contributed by atoms with Crippen LogP contribution in [0.3, 0.4) is 0 Å². The zero-order valence-electron chi connectivity index (χ0n) is 8.90. The predicted octanol–water partition coefficient (Wildman–Crippen LogP) is 2.20. The molecule has 1 aromatic heterocycles. The van der Waals surface area contributed by atoms with Crippen molar-refractivity contribution in [1.82, 2.24) is 4.57 Å². The fourth-order valence-corrected chi connectivity index (χ4v) is 2.44. The average molecular weight is 201 g/mol. The molecule has 3 rings (SSSR count). The molecule has 1 heterocycles. The molecule has 0 bridgehead atoms. The summed E-state index contributed by atoms with van der Waals surface area (Å²) in [5.41, 5.74) is 2.60. The molecule has 0 amide bonds. The quantitative estimate of drug-likeness (QED) is 0.791. The molecule has 2 heteroatoms. The van der Waals surface area contributed by atoms with Crippen molar-refractivity contribution in [3.8, 4) is 0 Å². The van der Waals surface area contributed by atoms with E-state index >= 15 is 0 Å². The summed E-state index contributed by atoms with van der Waals surface area (Å²) >= 11 is 0. The van der Waals surface area contributed by atoms with E-state index < -0.39 is 0 Å². The molecule has 1 aromatic carbocycles. The third-order valence-electron chi connectivity index (χ3n) is 3.65. The van der Waals surface area contributed by atoms with E-state index in [0.29, 0.717) is 0 Å². The molecule has 1 fully saturated rings. The number of aryl methyl sites for hydroxylation is 1. The van der Waals surface area contributed by atoms with Crippen LogP contribution in [0.5, 0.6) is 0 Å².